The zero-order valence-corrected chi connectivity index (χ0v) is 15.3. The summed E-state index contributed by atoms with van der Waals surface area (Å²) >= 11 is 1.26. The van der Waals surface area contributed by atoms with Crippen LogP contribution in [0, 0.1) is 13.8 Å². The lowest BCUT2D eigenvalue weighted by Gasteiger charge is -2.05. The van der Waals surface area contributed by atoms with E-state index in [1.165, 1.54) is 15.9 Å². The Morgan fingerprint density at radius 2 is 2.11 bits per heavy atom. The Labute approximate surface area is 155 Å². The molecule has 0 aliphatic rings. The SMILES string of the molecule is Cc1cc(C)n2nc(C(=O)NCCn3c(=O)[nH]c4ccsc4c3=O)nc2n1. The van der Waals surface area contributed by atoms with E-state index in [0.29, 0.717) is 16.0 Å². The first-order chi connectivity index (χ1) is 12.9. The molecule has 0 atom stereocenters. The standard InChI is InChI=1S/C16H15N7O3S/c1-8-7-9(2)23-15(18-8)20-12(21-23)13(24)17-4-5-22-14(25)11-10(3-6-27-11)19-16(22)26/h3,6-7H,4-5H2,1-2H3,(H,17,24)(H,19,26). The smallest absolute Gasteiger partial charge is 0.328 e. The van der Waals surface area contributed by atoms with Gasteiger partial charge in [-0.05, 0) is 31.4 Å². The van der Waals surface area contributed by atoms with Gasteiger partial charge in [-0.3, -0.25) is 14.2 Å². The van der Waals surface area contributed by atoms with Gasteiger partial charge in [-0.25, -0.2) is 14.3 Å². The lowest BCUT2D eigenvalue weighted by molar-refractivity contribution is 0.0942. The molecule has 4 heterocycles. The Morgan fingerprint density at radius 3 is 2.93 bits per heavy atom. The molecule has 1 amide bonds. The average molecular weight is 385 g/mol. The van der Waals surface area contributed by atoms with Crippen LogP contribution in [0.4, 0.5) is 0 Å². The molecule has 0 aromatic carbocycles. The van der Waals surface area contributed by atoms with E-state index in [1.807, 2.05) is 19.9 Å². The first-order valence-corrected chi connectivity index (χ1v) is 9.01. The number of nitrogens with zero attached hydrogens (tertiary/aromatic N) is 5. The third-order valence-corrected chi connectivity index (χ3v) is 4.94. The summed E-state index contributed by atoms with van der Waals surface area (Å²) in [4.78, 5) is 47.7. The first-order valence-electron chi connectivity index (χ1n) is 8.13. The second-order valence-corrected chi connectivity index (χ2v) is 6.91. The monoisotopic (exact) mass is 385 g/mol. The van der Waals surface area contributed by atoms with Crippen molar-refractivity contribution in [1.82, 2.24) is 34.4 Å². The summed E-state index contributed by atoms with van der Waals surface area (Å²) in [6.07, 6.45) is 0. The molecule has 0 saturated carbocycles. The summed E-state index contributed by atoms with van der Waals surface area (Å²) in [5.41, 5.74) is 1.22. The normalized spacial score (nSPS) is 11.3. The van der Waals surface area contributed by atoms with E-state index in [-0.39, 0.29) is 24.5 Å². The molecule has 0 fully saturated rings. The molecule has 11 heteroatoms. The first kappa shape index (κ1) is 17.1. The van der Waals surface area contributed by atoms with E-state index in [2.05, 4.69) is 25.4 Å². The third-order valence-electron chi connectivity index (χ3n) is 4.03. The van der Waals surface area contributed by atoms with E-state index in [9.17, 15) is 14.4 Å². The number of hydrogen-bond acceptors (Lipinski definition) is 7. The van der Waals surface area contributed by atoms with E-state index >= 15 is 0 Å². The van der Waals surface area contributed by atoms with Crippen molar-refractivity contribution in [2.75, 3.05) is 6.54 Å². The molecular formula is C16H15N7O3S. The van der Waals surface area contributed by atoms with E-state index < -0.39 is 11.6 Å². The zero-order chi connectivity index (χ0) is 19.1. The van der Waals surface area contributed by atoms with Crippen molar-refractivity contribution in [2.24, 2.45) is 0 Å². The minimum absolute atomic E-state index is 0.0221. The van der Waals surface area contributed by atoms with Crippen molar-refractivity contribution >= 4 is 33.2 Å². The number of nitrogens with one attached hydrogen (secondary N) is 2. The predicted octanol–water partition coefficient (Wildman–Crippen LogP) is 0.236. The fourth-order valence-electron chi connectivity index (χ4n) is 2.80. The van der Waals surface area contributed by atoms with Crippen molar-refractivity contribution in [1.29, 1.82) is 0 Å². The highest BCUT2D eigenvalue weighted by molar-refractivity contribution is 7.17. The maximum absolute atomic E-state index is 12.3. The number of rotatable bonds is 4. The molecule has 0 bridgehead atoms. The molecule has 0 aliphatic heterocycles. The molecule has 27 heavy (non-hydrogen) atoms. The van der Waals surface area contributed by atoms with Crippen LogP contribution in [-0.2, 0) is 6.54 Å². The summed E-state index contributed by atoms with van der Waals surface area (Å²) in [5.74, 6) is -0.182. The topological polar surface area (TPSA) is 127 Å². The van der Waals surface area contributed by atoms with Crippen LogP contribution in [0.2, 0.25) is 0 Å². The lowest BCUT2D eigenvalue weighted by Crippen LogP contribution is -2.38. The quantitative estimate of drug-likeness (QED) is 0.518. The second-order valence-electron chi connectivity index (χ2n) is 5.99. The second kappa shape index (κ2) is 6.43. The van der Waals surface area contributed by atoms with Crippen molar-refractivity contribution in [3.8, 4) is 0 Å². The van der Waals surface area contributed by atoms with Crippen molar-refractivity contribution in [3.63, 3.8) is 0 Å². The summed E-state index contributed by atoms with van der Waals surface area (Å²) < 4.78 is 3.02. The minimum atomic E-state index is -0.513. The number of thiophene rings is 1. The molecular weight excluding hydrogens is 370 g/mol. The fraction of sp³-hybridized carbons (Fsp3) is 0.250. The van der Waals surface area contributed by atoms with Gasteiger partial charge in [0.25, 0.3) is 17.2 Å². The van der Waals surface area contributed by atoms with Gasteiger partial charge >= 0.3 is 5.69 Å². The van der Waals surface area contributed by atoms with Crippen molar-refractivity contribution in [2.45, 2.75) is 20.4 Å². The highest BCUT2D eigenvalue weighted by Gasteiger charge is 2.15. The van der Waals surface area contributed by atoms with Gasteiger partial charge in [0.05, 0.1) is 5.52 Å². The predicted molar refractivity (Wildman–Crippen MR) is 99.3 cm³/mol. The number of amides is 1. The Hall–Kier alpha value is -3.34. The van der Waals surface area contributed by atoms with Gasteiger partial charge in [0.2, 0.25) is 5.82 Å². The highest BCUT2D eigenvalue weighted by atomic mass is 32.1. The highest BCUT2D eigenvalue weighted by Crippen LogP contribution is 2.11. The molecule has 4 aromatic heterocycles. The van der Waals surface area contributed by atoms with Gasteiger partial charge in [-0.1, -0.05) is 0 Å². The molecule has 10 nitrogen and oxygen atoms in total. The molecule has 138 valence electrons. The van der Waals surface area contributed by atoms with Gasteiger partial charge in [0, 0.05) is 24.5 Å². The Morgan fingerprint density at radius 1 is 1.30 bits per heavy atom. The summed E-state index contributed by atoms with van der Waals surface area (Å²) in [5, 5.41) is 8.51. The van der Waals surface area contributed by atoms with Crippen LogP contribution in [-0.4, -0.2) is 41.6 Å². The summed E-state index contributed by atoms with van der Waals surface area (Å²) in [7, 11) is 0. The molecule has 4 aromatic rings. The molecule has 0 saturated heterocycles. The van der Waals surface area contributed by atoms with Gasteiger partial charge in [-0.15, -0.1) is 16.4 Å². The van der Waals surface area contributed by atoms with Crippen molar-refractivity contribution in [3.05, 3.63) is 55.6 Å². The van der Waals surface area contributed by atoms with Gasteiger partial charge in [0.1, 0.15) is 4.70 Å². The fourth-order valence-corrected chi connectivity index (χ4v) is 3.59. The van der Waals surface area contributed by atoms with E-state index in [0.717, 1.165) is 16.0 Å². The minimum Gasteiger partial charge on any atom is -0.347 e. The number of fused-ring (bicyclic) bond motifs is 2. The third kappa shape index (κ3) is 3.01. The average Bonchev–Trinajstić information content (AvgIpc) is 3.24. The van der Waals surface area contributed by atoms with Crippen LogP contribution in [0.15, 0.2) is 27.1 Å². The van der Waals surface area contributed by atoms with Crippen LogP contribution in [0.5, 0.6) is 0 Å². The molecule has 0 spiro atoms. The number of H-pyrrole nitrogens is 1. The molecule has 4 rings (SSSR count). The van der Waals surface area contributed by atoms with Crippen LogP contribution in [0.25, 0.3) is 16.0 Å². The van der Waals surface area contributed by atoms with Crippen molar-refractivity contribution < 1.29 is 4.79 Å². The van der Waals surface area contributed by atoms with E-state index in [1.54, 1.807) is 11.4 Å². The van der Waals surface area contributed by atoms with Gasteiger partial charge < -0.3 is 10.3 Å². The molecule has 0 radical (unpaired) electrons. The zero-order valence-electron chi connectivity index (χ0n) is 14.5. The van der Waals surface area contributed by atoms with Crippen LogP contribution >= 0.6 is 11.3 Å². The number of carbonyl (C=O) groups excluding carboxylic acids is 1. The maximum Gasteiger partial charge on any atom is 0.328 e. The van der Waals surface area contributed by atoms with E-state index in [4.69, 9.17) is 0 Å². The van der Waals surface area contributed by atoms with Gasteiger partial charge in [0.15, 0.2) is 0 Å². The Kier molecular flexibility index (Phi) is 4.07. The molecule has 0 unspecified atom stereocenters. The number of carbonyl (C=O) groups is 1. The van der Waals surface area contributed by atoms with Gasteiger partial charge in [-0.2, -0.15) is 4.98 Å². The summed E-state index contributed by atoms with van der Waals surface area (Å²) in [6, 6.07) is 3.52. The largest absolute Gasteiger partial charge is 0.347 e. The number of aryl methyl sites for hydroxylation is 2. The summed E-state index contributed by atoms with van der Waals surface area (Å²) in [6.45, 7) is 3.80. The lowest BCUT2D eigenvalue weighted by atomic mass is 10.4. The number of aromatic nitrogens is 6. The van der Waals surface area contributed by atoms with Crippen LogP contribution < -0.4 is 16.6 Å². The van der Waals surface area contributed by atoms with Crippen LogP contribution in [0.1, 0.15) is 22.0 Å². The maximum atomic E-state index is 12.3. The molecule has 0 aliphatic carbocycles. The molecule has 2 N–H and O–H groups in total. The Bertz CT molecular complexity index is 1300. The Balaban J connectivity index is 1.51. The number of aromatic amines is 1. The number of hydrogen-bond donors (Lipinski definition) is 2. The van der Waals surface area contributed by atoms with Crippen LogP contribution in [0.3, 0.4) is 0 Å².